The fourth-order valence-electron chi connectivity index (χ4n) is 3.38. The Morgan fingerprint density at radius 2 is 1.96 bits per heavy atom. The smallest absolute Gasteiger partial charge is 0.324 e. The first kappa shape index (κ1) is 20.7. The first-order chi connectivity index (χ1) is 13.5. The minimum atomic E-state index is -0.871. The van der Waals surface area contributed by atoms with E-state index >= 15 is 0 Å². The number of thiazole rings is 1. The maximum absolute atomic E-state index is 13.1. The summed E-state index contributed by atoms with van der Waals surface area (Å²) in [7, 11) is 0. The number of hydrogen-bond donors (Lipinski definition) is 2. The molecule has 0 bridgehead atoms. The fourth-order valence-corrected chi connectivity index (χ4v) is 4.96. The summed E-state index contributed by atoms with van der Waals surface area (Å²) in [5.74, 6) is -0.175. The molecule has 0 atom stereocenters. The van der Waals surface area contributed by atoms with E-state index in [1.165, 1.54) is 23.1 Å². The Morgan fingerprint density at radius 3 is 2.64 bits per heavy atom. The van der Waals surface area contributed by atoms with Crippen LogP contribution >= 0.6 is 23.1 Å². The van der Waals surface area contributed by atoms with Crippen molar-refractivity contribution in [1.82, 2.24) is 9.88 Å². The number of amides is 2. The van der Waals surface area contributed by atoms with E-state index in [4.69, 9.17) is 5.11 Å². The number of rotatable bonds is 7. The molecule has 2 aromatic rings. The van der Waals surface area contributed by atoms with Crippen LogP contribution in [0, 0.1) is 5.92 Å². The molecule has 1 saturated carbocycles. The van der Waals surface area contributed by atoms with Gasteiger partial charge in [0.25, 0.3) is 0 Å². The molecule has 3 rings (SSSR count). The second-order valence-electron chi connectivity index (χ2n) is 7.12. The lowest BCUT2D eigenvalue weighted by Crippen LogP contribution is -2.44. The van der Waals surface area contributed by atoms with Gasteiger partial charge in [-0.2, -0.15) is 0 Å². The van der Waals surface area contributed by atoms with Gasteiger partial charge in [-0.05, 0) is 37.2 Å². The molecule has 28 heavy (non-hydrogen) atoms. The lowest BCUT2D eigenvalue weighted by atomic mass is 9.86. The van der Waals surface area contributed by atoms with Gasteiger partial charge in [-0.15, -0.1) is 11.8 Å². The van der Waals surface area contributed by atoms with E-state index in [0.717, 1.165) is 35.5 Å². The maximum Gasteiger partial charge on any atom is 0.324 e. The number of urea groups is 1. The Morgan fingerprint density at radius 1 is 1.25 bits per heavy atom. The van der Waals surface area contributed by atoms with Crippen molar-refractivity contribution in [2.45, 2.75) is 49.4 Å². The molecule has 1 aliphatic carbocycles. The van der Waals surface area contributed by atoms with Gasteiger partial charge in [0.2, 0.25) is 0 Å². The zero-order valence-electron chi connectivity index (χ0n) is 15.8. The van der Waals surface area contributed by atoms with Gasteiger partial charge in [0.1, 0.15) is 0 Å². The Balaban J connectivity index is 1.68. The van der Waals surface area contributed by atoms with E-state index in [9.17, 15) is 9.59 Å². The molecule has 8 heteroatoms. The number of nitrogens with one attached hydrogen (secondary N) is 1. The van der Waals surface area contributed by atoms with Gasteiger partial charge in [0.05, 0.1) is 16.2 Å². The SMILES string of the molecule is C[C@H]1CC[C@H](N(Cc2ccccc2)C(=O)Nc2ncc(SCC(=O)O)s2)CC1. The Hall–Kier alpha value is -2.06. The summed E-state index contributed by atoms with van der Waals surface area (Å²) in [6.45, 7) is 2.83. The molecular formula is C20H25N3O3S2. The molecule has 1 heterocycles. The highest BCUT2D eigenvalue weighted by Crippen LogP contribution is 2.31. The molecule has 150 valence electrons. The van der Waals surface area contributed by atoms with Crippen molar-refractivity contribution in [3.63, 3.8) is 0 Å². The summed E-state index contributed by atoms with van der Waals surface area (Å²) in [5.41, 5.74) is 1.10. The number of anilines is 1. The molecule has 0 saturated heterocycles. The predicted octanol–water partition coefficient (Wildman–Crippen LogP) is 4.93. The third-order valence-corrected chi connectivity index (χ3v) is 7.01. The van der Waals surface area contributed by atoms with Crippen LogP contribution in [-0.4, -0.2) is 38.8 Å². The monoisotopic (exact) mass is 419 g/mol. The van der Waals surface area contributed by atoms with Gasteiger partial charge in [-0.25, -0.2) is 9.78 Å². The average Bonchev–Trinajstić information content (AvgIpc) is 3.13. The number of carbonyl (C=O) groups is 2. The Labute approximate surface area is 173 Å². The van der Waals surface area contributed by atoms with Gasteiger partial charge in [0.15, 0.2) is 5.13 Å². The second-order valence-corrected chi connectivity index (χ2v) is 9.43. The molecule has 0 radical (unpaired) electrons. The highest BCUT2D eigenvalue weighted by Gasteiger charge is 2.28. The van der Waals surface area contributed by atoms with E-state index in [2.05, 4.69) is 17.2 Å². The first-order valence-electron chi connectivity index (χ1n) is 9.43. The Kier molecular flexibility index (Phi) is 7.33. The summed E-state index contributed by atoms with van der Waals surface area (Å²) in [6, 6.07) is 10.1. The van der Waals surface area contributed by atoms with Gasteiger partial charge in [0, 0.05) is 12.6 Å². The summed E-state index contributed by atoms with van der Waals surface area (Å²) in [5, 5.41) is 12.2. The van der Waals surface area contributed by atoms with Crippen molar-refractivity contribution in [3.8, 4) is 0 Å². The van der Waals surface area contributed by atoms with Crippen LogP contribution in [0.2, 0.25) is 0 Å². The van der Waals surface area contributed by atoms with Crippen LogP contribution < -0.4 is 5.32 Å². The molecule has 1 aromatic heterocycles. The zero-order chi connectivity index (χ0) is 19.9. The predicted molar refractivity (Wildman–Crippen MR) is 113 cm³/mol. The lowest BCUT2D eigenvalue weighted by molar-refractivity contribution is -0.133. The zero-order valence-corrected chi connectivity index (χ0v) is 17.5. The minimum Gasteiger partial charge on any atom is -0.481 e. The van der Waals surface area contributed by atoms with Gasteiger partial charge >= 0.3 is 12.0 Å². The molecular weight excluding hydrogens is 394 g/mol. The number of nitrogens with zero attached hydrogens (tertiary/aromatic N) is 2. The van der Waals surface area contributed by atoms with Crippen molar-refractivity contribution in [2.24, 2.45) is 5.92 Å². The molecule has 1 aromatic carbocycles. The standard InChI is InChI=1S/C20H25N3O3S2/c1-14-7-9-16(10-8-14)23(12-15-5-3-2-4-6-15)20(26)22-19-21-11-18(28-19)27-13-17(24)25/h2-6,11,14,16H,7-10,12-13H2,1H3,(H,24,25)(H,21,22,26)/t14-,16-. The quantitative estimate of drug-likeness (QED) is 0.622. The largest absolute Gasteiger partial charge is 0.481 e. The van der Waals surface area contributed by atoms with Gasteiger partial charge < -0.3 is 10.0 Å². The third-order valence-electron chi connectivity index (χ3n) is 4.92. The highest BCUT2D eigenvalue weighted by molar-refractivity contribution is 8.01. The number of aromatic nitrogens is 1. The third kappa shape index (κ3) is 5.97. The van der Waals surface area contributed by atoms with Crippen molar-refractivity contribution >= 4 is 40.2 Å². The number of carboxylic acids is 1. The number of thioether (sulfide) groups is 1. The van der Waals surface area contributed by atoms with E-state index in [1.807, 2.05) is 35.2 Å². The molecule has 2 amide bonds. The number of carbonyl (C=O) groups excluding carboxylic acids is 1. The van der Waals surface area contributed by atoms with Crippen molar-refractivity contribution in [3.05, 3.63) is 42.1 Å². The van der Waals surface area contributed by atoms with Crippen LogP contribution in [0.1, 0.15) is 38.2 Å². The van der Waals surface area contributed by atoms with Crippen molar-refractivity contribution < 1.29 is 14.7 Å². The maximum atomic E-state index is 13.1. The highest BCUT2D eigenvalue weighted by atomic mass is 32.2. The summed E-state index contributed by atoms with van der Waals surface area (Å²) in [6.07, 6.45) is 5.91. The van der Waals surface area contributed by atoms with Crippen LogP contribution in [0.5, 0.6) is 0 Å². The number of hydrogen-bond acceptors (Lipinski definition) is 5. The van der Waals surface area contributed by atoms with E-state index < -0.39 is 5.97 Å². The minimum absolute atomic E-state index is 0.0179. The topological polar surface area (TPSA) is 82.5 Å². The molecule has 1 fully saturated rings. The lowest BCUT2D eigenvalue weighted by Gasteiger charge is -2.36. The van der Waals surface area contributed by atoms with Crippen LogP contribution in [0.15, 0.2) is 40.7 Å². The molecule has 0 aliphatic heterocycles. The molecule has 0 unspecified atom stereocenters. The van der Waals surface area contributed by atoms with Crippen LogP contribution in [0.3, 0.4) is 0 Å². The van der Waals surface area contributed by atoms with E-state index in [-0.39, 0.29) is 17.8 Å². The molecule has 6 nitrogen and oxygen atoms in total. The summed E-state index contributed by atoms with van der Waals surface area (Å²) in [4.78, 5) is 29.9. The van der Waals surface area contributed by atoms with Gasteiger partial charge in [-0.1, -0.05) is 48.6 Å². The average molecular weight is 420 g/mol. The van der Waals surface area contributed by atoms with Gasteiger partial charge in [-0.3, -0.25) is 10.1 Å². The fraction of sp³-hybridized carbons (Fsp3) is 0.450. The Bertz CT molecular complexity index is 789. The molecule has 2 N–H and O–H groups in total. The van der Waals surface area contributed by atoms with E-state index in [0.29, 0.717) is 17.6 Å². The second kappa shape index (κ2) is 9.93. The number of benzene rings is 1. The van der Waals surface area contributed by atoms with Crippen LogP contribution in [0.25, 0.3) is 0 Å². The summed E-state index contributed by atoms with van der Waals surface area (Å²) >= 11 is 2.51. The first-order valence-corrected chi connectivity index (χ1v) is 11.2. The van der Waals surface area contributed by atoms with E-state index in [1.54, 1.807) is 6.20 Å². The number of aliphatic carboxylic acids is 1. The normalized spacial score (nSPS) is 19.2. The molecule has 1 aliphatic rings. The van der Waals surface area contributed by atoms with Crippen LogP contribution in [0.4, 0.5) is 9.93 Å². The van der Waals surface area contributed by atoms with Crippen molar-refractivity contribution in [2.75, 3.05) is 11.1 Å². The number of carboxylic acid groups (broad SMARTS) is 1. The van der Waals surface area contributed by atoms with Crippen molar-refractivity contribution in [1.29, 1.82) is 0 Å². The molecule has 0 spiro atoms. The summed E-state index contributed by atoms with van der Waals surface area (Å²) < 4.78 is 0.777. The van der Waals surface area contributed by atoms with Crippen LogP contribution in [-0.2, 0) is 11.3 Å².